The highest BCUT2D eigenvalue weighted by molar-refractivity contribution is 6.01. The number of nitriles is 1. The van der Waals surface area contributed by atoms with Gasteiger partial charge in [0.05, 0.1) is 11.6 Å². The van der Waals surface area contributed by atoms with E-state index in [9.17, 15) is 18.4 Å². The van der Waals surface area contributed by atoms with Crippen LogP contribution in [0.2, 0.25) is 0 Å². The molecule has 0 heterocycles. The first kappa shape index (κ1) is 17.1. The summed E-state index contributed by atoms with van der Waals surface area (Å²) in [6, 6.07) is 11.1. The molecule has 122 valence electrons. The smallest absolute Gasteiger partial charge is 0.244 e. The third-order valence-electron chi connectivity index (χ3n) is 3.17. The Bertz CT molecular complexity index is 831. The van der Waals surface area contributed by atoms with Crippen LogP contribution in [0, 0.1) is 23.0 Å². The van der Waals surface area contributed by atoms with Crippen molar-refractivity contribution >= 4 is 23.2 Å². The van der Waals surface area contributed by atoms with E-state index in [0.29, 0.717) is 11.3 Å². The second-order valence-corrected chi connectivity index (χ2v) is 4.94. The molecule has 0 aromatic heterocycles. The van der Waals surface area contributed by atoms with E-state index in [0.717, 1.165) is 17.0 Å². The van der Waals surface area contributed by atoms with Gasteiger partial charge in [0.15, 0.2) is 11.6 Å². The predicted octanol–water partition coefficient (Wildman–Crippen LogP) is 2.83. The normalized spacial score (nSPS) is 9.92. The van der Waals surface area contributed by atoms with Crippen molar-refractivity contribution in [2.45, 2.75) is 6.92 Å². The molecule has 0 bridgehead atoms. The van der Waals surface area contributed by atoms with Crippen molar-refractivity contribution in [3.63, 3.8) is 0 Å². The molecule has 2 aromatic carbocycles. The molecule has 2 amide bonds. The molecule has 0 spiro atoms. The van der Waals surface area contributed by atoms with E-state index in [1.807, 2.05) is 6.07 Å². The maximum Gasteiger partial charge on any atom is 0.244 e. The lowest BCUT2D eigenvalue weighted by Gasteiger charge is -2.20. The quantitative estimate of drug-likeness (QED) is 0.937. The van der Waals surface area contributed by atoms with Gasteiger partial charge in [-0.05, 0) is 30.3 Å². The Morgan fingerprint density at radius 3 is 2.54 bits per heavy atom. The van der Waals surface area contributed by atoms with Crippen LogP contribution in [0.1, 0.15) is 12.5 Å². The van der Waals surface area contributed by atoms with Crippen LogP contribution >= 0.6 is 0 Å². The predicted molar refractivity (Wildman–Crippen MR) is 84.2 cm³/mol. The minimum absolute atomic E-state index is 0.0716. The highest BCUT2D eigenvalue weighted by Crippen LogP contribution is 2.18. The number of halogens is 2. The second-order valence-electron chi connectivity index (χ2n) is 4.94. The summed E-state index contributed by atoms with van der Waals surface area (Å²) in [6.07, 6.45) is 0. The summed E-state index contributed by atoms with van der Waals surface area (Å²) in [4.78, 5) is 24.8. The molecule has 0 radical (unpaired) electrons. The van der Waals surface area contributed by atoms with E-state index < -0.39 is 23.4 Å². The monoisotopic (exact) mass is 329 g/mol. The summed E-state index contributed by atoms with van der Waals surface area (Å²) < 4.78 is 26.3. The Kier molecular flexibility index (Phi) is 5.22. The average Bonchev–Trinajstić information content (AvgIpc) is 2.55. The summed E-state index contributed by atoms with van der Waals surface area (Å²) >= 11 is 0. The number of benzene rings is 2. The molecular weight excluding hydrogens is 316 g/mol. The fourth-order valence-corrected chi connectivity index (χ4v) is 2.05. The van der Waals surface area contributed by atoms with Crippen LogP contribution in [0.5, 0.6) is 0 Å². The van der Waals surface area contributed by atoms with Gasteiger partial charge in [-0.3, -0.25) is 9.59 Å². The lowest BCUT2D eigenvalue weighted by atomic mass is 10.2. The van der Waals surface area contributed by atoms with Gasteiger partial charge in [-0.15, -0.1) is 0 Å². The zero-order valence-electron chi connectivity index (χ0n) is 12.7. The SMILES string of the molecule is CC(=O)N(CC(=O)Nc1cccc(C#N)c1)c1ccc(F)c(F)c1. The molecule has 2 rings (SSSR count). The number of carbonyl (C=O) groups excluding carboxylic acids is 2. The summed E-state index contributed by atoms with van der Waals surface area (Å²) in [7, 11) is 0. The summed E-state index contributed by atoms with van der Waals surface area (Å²) in [5.41, 5.74) is 0.840. The number of nitrogens with one attached hydrogen (secondary N) is 1. The number of anilines is 2. The van der Waals surface area contributed by atoms with Gasteiger partial charge >= 0.3 is 0 Å². The number of carbonyl (C=O) groups is 2. The molecule has 0 atom stereocenters. The van der Waals surface area contributed by atoms with Gasteiger partial charge in [-0.2, -0.15) is 5.26 Å². The Labute approximate surface area is 137 Å². The second kappa shape index (κ2) is 7.33. The average molecular weight is 329 g/mol. The van der Waals surface area contributed by atoms with Gasteiger partial charge in [0.2, 0.25) is 11.8 Å². The molecule has 0 saturated heterocycles. The summed E-state index contributed by atoms with van der Waals surface area (Å²) in [5.74, 6) is -3.19. The number of nitrogens with zero attached hydrogens (tertiary/aromatic N) is 2. The third-order valence-corrected chi connectivity index (χ3v) is 3.17. The molecule has 0 fully saturated rings. The maximum atomic E-state index is 13.3. The van der Waals surface area contributed by atoms with Crippen LogP contribution in [0.15, 0.2) is 42.5 Å². The van der Waals surface area contributed by atoms with E-state index in [2.05, 4.69) is 5.32 Å². The third kappa shape index (κ3) is 4.14. The first-order valence-corrected chi connectivity index (χ1v) is 6.94. The fraction of sp³-hybridized carbons (Fsp3) is 0.118. The zero-order valence-corrected chi connectivity index (χ0v) is 12.7. The Morgan fingerprint density at radius 1 is 1.17 bits per heavy atom. The number of rotatable bonds is 4. The Balaban J connectivity index is 2.15. The van der Waals surface area contributed by atoms with Crippen LogP contribution in [-0.2, 0) is 9.59 Å². The molecule has 0 aliphatic heterocycles. The van der Waals surface area contributed by atoms with Crippen LogP contribution < -0.4 is 10.2 Å². The molecule has 0 unspecified atom stereocenters. The molecule has 0 saturated carbocycles. The van der Waals surface area contributed by atoms with Crippen LogP contribution in [0.4, 0.5) is 20.2 Å². The minimum atomic E-state index is -1.11. The van der Waals surface area contributed by atoms with Crippen LogP contribution in [0.25, 0.3) is 0 Å². The molecule has 0 aliphatic carbocycles. The zero-order chi connectivity index (χ0) is 17.7. The Morgan fingerprint density at radius 2 is 1.92 bits per heavy atom. The first-order valence-electron chi connectivity index (χ1n) is 6.94. The van der Waals surface area contributed by atoms with Crippen molar-refractivity contribution in [1.29, 1.82) is 5.26 Å². The Hall–Kier alpha value is -3.27. The standard InChI is InChI=1S/C17H13F2N3O2/c1-11(23)22(14-5-6-15(18)16(19)8-14)10-17(24)21-13-4-2-3-12(7-13)9-20/h2-8H,10H2,1H3,(H,21,24). The van der Waals surface area contributed by atoms with E-state index in [1.165, 1.54) is 19.1 Å². The molecule has 5 nitrogen and oxygen atoms in total. The molecule has 7 heteroatoms. The molecular formula is C17H13F2N3O2. The van der Waals surface area contributed by atoms with Gasteiger partial charge in [0.1, 0.15) is 6.54 Å². The van der Waals surface area contributed by atoms with E-state index in [4.69, 9.17) is 5.26 Å². The van der Waals surface area contributed by atoms with Gasteiger partial charge < -0.3 is 10.2 Å². The minimum Gasteiger partial charge on any atom is -0.324 e. The number of hydrogen-bond acceptors (Lipinski definition) is 3. The lowest BCUT2D eigenvalue weighted by Crippen LogP contribution is -2.36. The number of amides is 2. The van der Waals surface area contributed by atoms with E-state index >= 15 is 0 Å². The van der Waals surface area contributed by atoms with Crippen molar-refractivity contribution in [3.8, 4) is 6.07 Å². The summed E-state index contributed by atoms with van der Waals surface area (Å²) in [5, 5.41) is 11.4. The molecule has 24 heavy (non-hydrogen) atoms. The van der Waals surface area contributed by atoms with Crippen molar-refractivity contribution in [2.24, 2.45) is 0 Å². The molecule has 1 N–H and O–H groups in total. The summed E-state index contributed by atoms with van der Waals surface area (Å²) in [6.45, 7) is 0.835. The van der Waals surface area contributed by atoms with Crippen LogP contribution in [-0.4, -0.2) is 18.4 Å². The van der Waals surface area contributed by atoms with Crippen molar-refractivity contribution in [2.75, 3.05) is 16.8 Å². The topological polar surface area (TPSA) is 73.2 Å². The fourth-order valence-electron chi connectivity index (χ4n) is 2.05. The van der Waals surface area contributed by atoms with Crippen molar-refractivity contribution in [1.82, 2.24) is 0 Å². The highest BCUT2D eigenvalue weighted by Gasteiger charge is 2.17. The van der Waals surface area contributed by atoms with E-state index in [-0.39, 0.29) is 12.2 Å². The van der Waals surface area contributed by atoms with Crippen LogP contribution in [0.3, 0.4) is 0 Å². The molecule has 2 aromatic rings. The largest absolute Gasteiger partial charge is 0.324 e. The van der Waals surface area contributed by atoms with Gasteiger partial charge in [0.25, 0.3) is 0 Å². The van der Waals surface area contributed by atoms with Crippen molar-refractivity contribution in [3.05, 3.63) is 59.7 Å². The number of hydrogen-bond donors (Lipinski definition) is 1. The molecule has 0 aliphatic rings. The maximum absolute atomic E-state index is 13.3. The van der Waals surface area contributed by atoms with Gasteiger partial charge in [0, 0.05) is 24.4 Å². The van der Waals surface area contributed by atoms with Gasteiger partial charge in [-0.1, -0.05) is 6.07 Å². The van der Waals surface area contributed by atoms with Crippen molar-refractivity contribution < 1.29 is 18.4 Å². The van der Waals surface area contributed by atoms with Gasteiger partial charge in [-0.25, -0.2) is 8.78 Å². The lowest BCUT2D eigenvalue weighted by molar-refractivity contribution is -0.120. The highest BCUT2D eigenvalue weighted by atomic mass is 19.2. The first-order chi connectivity index (χ1) is 11.4. The van der Waals surface area contributed by atoms with E-state index in [1.54, 1.807) is 18.2 Å².